The highest BCUT2D eigenvalue weighted by molar-refractivity contribution is 5.97. The van der Waals surface area contributed by atoms with E-state index in [-0.39, 0.29) is 23.7 Å². The SMILES string of the molecule is COCC1(C(=O)N(C)c2ccc(C(C)(C)C)cc2)CCNCC1.Cl. The van der Waals surface area contributed by atoms with E-state index in [1.54, 1.807) is 12.0 Å². The van der Waals surface area contributed by atoms with Crippen molar-refractivity contribution < 1.29 is 9.53 Å². The molecule has 0 radical (unpaired) electrons. The molecule has 0 spiro atoms. The van der Waals surface area contributed by atoms with Crippen LogP contribution in [0.4, 0.5) is 5.69 Å². The first-order valence-electron chi connectivity index (χ1n) is 8.38. The summed E-state index contributed by atoms with van der Waals surface area (Å²) in [5.74, 6) is 0.157. The third-order valence-corrected chi connectivity index (χ3v) is 4.86. The van der Waals surface area contributed by atoms with Crippen LogP contribution < -0.4 is 10.2 Å². The Morgan fingerprint density at radius 1 is 1.21 bits per heavy atom. The Morgan fingerprint density at radius 3 is 2.21 bits per heavy atom. The number of halogens is 1. The maximum Gasteiger partial charge on any atom is 0.235 e. The van der Waals surface area contributed by atoms with Crippen molar-refractivity contribution >= 4 is 24.0 Å². The molecule has 1 aliphatic rings. The largest absolute Gasteiger partial charge is 0.384 e. The number of carbonyl (C=O) groups is 1. The Kier molecular flexibility index (Phi) is 7.26. The van der Waals surface area contributed by atoms with Crippen molar-refractivity contribution in [2.24, 2.45) is 5.41 Å². The van der Waals surface area contributed by atoms with Crippen LogP contribution in [0.25, 0.3) is 0 Å². The lowest BCUT2D eigenvalue weighted by molar-refractivity contribution is -0.133. The van der Waals surface area contributed by atoms with Crippen molar-refractivity contribution in [2.45, 2.75) is 39.0 Å². The molecule has 0 aromatic heterocycles. The molecule has 0 aliphatic carbocycles. The summed E-state index contributed by atoms with van der Waals surface area (Å²) in [5, 5.41) is 3.33. The molecular weight excluding hydrogens is 324 g/mol. The first-order chi connectivity index (χ1) is 10.8. The van der Waals surface area contributed by atoms with E-state index >= 15 is 0 Å². The van der Waals surface area contributed by atoms with Crippen LogP contribution >= 0.6 is 12.4 Å². The van der Waals surface area contributed by atoms with E-state index in [1.165, 1.54) is 5.56 Å². The molecule has 24 heavy (non-hydrogen) atoms. The van der Waals surface area contributed by atoms with Crippen LogP contribution in [0, 0.1) is 5.41 Å². The van der Waals surface area contributed by atoms with Gasteiger partial charge in [-0.1, -0.05) is 32.9 Å². The minimum atomic E-state index is -0.405. The van der Waals surface area contributed by atoms with E-state index in [9.17, 15) is 4.79 Å². The number of nitrogens with one attached hydrogen (secondary N) is 1. The third-order valence-electron chi connectivity index (χ3n) is 4.86. The maximum atomic E-state index is 13.1. The lowest BCUT2D eigenvalue weighted by atomic mass is 9.78. The van der Waals surface area contributed by atoms with Crippen molar-refractivity contribution in [3.8, 4) is 0 Å². The molecule has 1 amide bonds. The number of carbonyl (C=O) groups excluding carboxylic acids is 1. The number of hydrogen-bond acceptors (Lipinski definition) is 3. The number of methoxy groups -OCH3 is 1. The fraction of sp³-hybridized carbons (Fsp3) is 0.632. The third kappa shape index (κ3) is 4.50. The van der Waals surface area contributed by atoms with Gasteiger partial charge in [0.15, 0.2) is 0 Å². The van der Waals surface area contributed by atoms with E-state index in [0.717, 1.165) is 31.6 Å². The first kappa shape index (κ1) is 20.9. The van der Waals surface area contributed by atoms with E-state index in [4.69, 9.17) is 4.74 Å². The van der Waals surface area contributed by atoms with E-state index < -0.39 is 5.41 Å². The lowest BCUT2D eigenvalue weighted by Gasteiger charge is -2.38. The van der Waals surface area contributed by atoms with Crippen molar-refractivity contribution in [3.05, 3.63) is 29.8 Å². The zero-order chi connectivity index (χ0) is 17.1. The Bertz CT molecular complexity index is 526. The summed E-state index contributed by atoms with van der Waals surface area (Å²) < 4.78 is 5.38. The molecule has 0 unspecified atom stereocenters. The molecule has 0 saturated carbocycles. The van der Waals surface area contributed by atoms with Crippen LogP contribution in [-0.2, 0) is 14.9 Å². The summed E-state index contributed by atoms with van der Waals surface area (Å²) in [5.41, 5.74) is 1.93. The minimum Gasteiger partial charge on any atom is -0.384 e. The van der Waals surface area contributed by atoms with Crippen LogP contribution in [0.2, 0.25) is 0 Å². The molecule has 2 rings (SSSR count). The van der Waals surface area contributed by atoms with Gasteiger partial charge >= 0.3 is 0 Å². The highest BCUT2D eigenvalue weighted by atomic mass is 35.5. The van der Waals surface area contributed by atoms with Crippen LogP contribution in [0.5, 0.6) is 0 Å². The molecule has 0 atom stereocenters. The second-order valence-electron chi connectivity index (χ2n) is 7.62. The summed E-state index contributed by atoms with van der Waals surface area (Å²) in [6.07, 6.45) is 1.65. The molecule has 136 valence electrons. The molecule has 1 fully saturated rings. The fourth-order valence-corrected chi connectivity index (χ4v) is 3.26. The Morgan fingerprint density at radius 2 is 1.75 bits per heavy atom. The monoisotopic (exact) mass is 354 g/mol. The normalized spacial score (nSPS) is 17.0. The highest BCUT2D eigenvalue weighted by Crippen LogP contribution is 2.33. The van der Waals surface area contributed by atoms with Crippen molar-refractivity contribution in [2.75, 3.05) is 38.8 Å². The number of hydrogen-bond donors (Lipinski definition) is 1. The van der Waals surface area contributed by atoms with E-state index in [1.807, 2.05) is 19.2 Å². The lowest BCUT2D eigenvalue weighted by Crippen LogP contribution is -2.50. The van der Waals surface area contributed by atoms with E-state index in [2.05, 4.69) is 38.2 Å². The van der Waals surface area contributed by atoms with Gasteiger partial charge in [-0.2, -0.15) is 0 Å². The topological polar surface area (TPSA) is 41.6 Å². The summed E-state index contributed by atoms with van der Waals surface area (Å²) in [4.78, 5) is 14.9. The average molecular weight is 355 g/mol. The van der Waals surface area contributed by atoms with Crippen molar-refractivity contribution in [3.63, 3.8) is 0 Å². The quantitative estimate of drug-likeness (QED) is 0.901. The zero-order valence-electron chi connectivity index (χ0n) is 15.5. The van der Waals surface area contributed by atoms with Gasteiger partial charge in [-0.15, -0.1) is 12.4 Å². The summed E-state index contributed by atoms with van der Waals surface area (Å²) in [6, 6.07) is 8.31. The number of piperidine rings is 1. The van der Waals surface area contributed by atoms with Crippen molar-refractivity contribution in [1.82, 2.24) is 5.32 Å². The van der Waals surface area contributed by atoms with Crippen LogP contribution in [0.15, 0.2) is 24.3 Å². The summed E-state index contributed by atoms with van der Waals surface area (Å²) in [6.45, 7) is 8.80. The molecule has 1 aliphatic heterocycles. The molecule has 1 N–H and O–H groups in total. The molecule has 0 bridgehead atoms. The second kappa shape index (κ2) is 8.32. The average Bonchev–Trinajstić information content (AvgIpc) is 2.54. The van der Waals surface area contributed by atoms with Gasteiger partial charge in [-0.05, 0) is 49.0 Å². The predicted octanol–water partition coefficient (Wildman–Crippen LogP) is 3.38. The zero-order valence-corrected chi connectivity index (χ0v) is 16.3. The van der Waals surface area contributed by atoms with Gasteiger partial charge in [0, 0.05) is 19.8 Å². The molecule has 5 heteroatoms. The van der Waals surface area contributed by atoms with E-state index in [0.29, 0.717) is 6.61 Å². The van der Waals surface area contributed by atoms with Gasteiger partial charge in [0.2, 0.25) is 5.91 Å². The van der Waals surface area contributed by atoms with Gasteiger partial charge in [0.05, 0.1) is 12.0 Å². The van der Waals surface area contributed by atoms with Crippen LogP contribution in [0.3, 0.4) is 0 Å². The number of amides is 1. The number of ether oxygens (including phenoxy) is 1. The molecular formula is C19H31ClN2O2. The van der Waals surface area contributed by atoms with Gasteiger partial charge in [-0.25, -0.2) is 0 Å². The smallest absolute Gasteiger partial charge is 0.235 e. The Balaban J connectivity index is 0.00000288. The standard InChI is InChI=1S/C19H30N2O2.ClH/c1-18(2,3)15-6-8-16(9-7-15)21(4)17(22)19(14-23-5)10-12-20-13-11-19;/h6-9,20H,10-14H2,1-5H3;1H. The van der Waals surface area contributed by atoms with Gasteiger partial charge < -0.3 is 15.0 Å². The van der Waals surface area contributed by atoms with Crippen LogP contribution in [0.1, 0.15) is 39.2 Å². The molecule has 1 aromatic carbocycles. The van der Waals surface area contributed by atoms with Crippen LogP contribution in [-0.4, -0.2) is 39.8 Å². The number of nitrogens with zero attached hydrogens (tertiary/aromatic N) is 1. The summed E-state index contributed by atoms with van der Waals surface area (Å²) in [7, 11) is 3.54. The highest BCUT2D eigenvalue weighted by Gasteiger charge is 2.41. The molecule has 4 nitrogen and oxygen atoms in total. The van der Waals surface area contributed by atoms with Gasteiger partial charge in [0.1, 0.15) is 0 Å². The molecule has 1 saturated heterocycles. The number of rotatable bonds is 4. The fourth-order valence-electron chi connectivity index (χ4n) is 3.26. The number of anilines is 1. The Labute approximate surface area is 152 Å². The molecule has 1 heterocycles. The second-order valence-corrected chi connectivity index (χ2v) is 7.62. The summed E-state index contributed by atoms with van der Waals surface area (Å²) >= 11 is 0. The van der Waals surface area contributed by atoms with Gasteiger partial charge in [-0.3, -0.25) is 4.79 Å². The molecule has 1 aromatic rings. The van der Waals surface area contributed by atoms with Gasteiger partial charge in [0.25, 0.3) is 0 Å². The first-order valence-corrected chi connectivity index (χ1v) is 8.38. The minimum absolute atomic E-state index is 0. The number of benzene rings is 1. The predicted molar refractivity (Wildman–Crippen MR) is 102 cm³/mol. The maximum absolute atomic E-state index is 13.1. The Hall–Kier alpha value is -1.10. The van der Waals surface area contributed by atoms with Crippen molar-refractivity contribution in [1.29, 1.82) is 0 Å².